The van der Waals surface area contributed by atoms with Crippen molar-refractivity contribution in [2.75, 3.05) is 4.90 Å². The third-order valence-corrected chi connectivity index (χ3v) is 11.4. The number of imide groups is 4. The molecular weight excluding hydrogens is 728 g/mol. The third-order valence-electron chi connectivity index (χ3n) is 10.0. The number of ether oxygens (including phenoxy) is 1. The lowest BCUT2D eigenvalue weighted by Crippen LogP contribution is -2.60. The molecule has 3 aromatic rings. The van der Waals surface area contributed by atoms with Crippen molar-refractivity contribution in [3.8, 4) is 11.5 Å². The number of hydrogen-bond donors (Lipinski definition) is 2. The highest BCUT2D eigenvalue weighted by molar-refractivity contribution is 6.58. The normalized spacial score (nSPS) is 28.4. The minimum absolute atomic E-state index is 0.0694. The maximum Gasteiger partial charge on any atom is 0.328 e. The maximum atomic E-state index is 15.2. The summed E-state index contributed by atoms with van der Waals surface area (Å²) in [5.41, 5.74) is 4.00. The van der Waals surface area contributed by atoms with Crippen LogP contribution in [0.15, 0.2) is 60.2 Å². The highest BCUT2D eigenvalue weighted by Crippen LogP contribution is 2.66. The van der Waals surface area contributed by atoms with Crippen LogP contribution in [0.4, 0.5) is 32.4 Å². The average molecular weight is 750 g/mol. The number of phenolic OH excluding ortho intramolecular Hbond substituents is 1. The number of rotatable bonds is 5. The molecule has 3 aromatic carbocycles. The summed E-state index contributed by atoms with van der Waals surface area (Å²) in [5.74, 6) is -24.1. The number of hydrogen-bond acceptors (Lipinski definition) is 7. The van der Waals surface area contributed by atoms with Crippen LogP contribution in [-0.2, 0) is 25.8 Å². The number of carbonyl (C=O) groups excluding carboxylic acids is 5. The zero-order valence-corrected chi connectivity index (χ0v) is 27.2. The van der Waals surface area contributed by atoms with Crippen LogP contribution in [0.3, 0.4) is 0 Å². The van der Waals surface area contributed by atoms with Gasteiger partial charge in [-0.3, -0.25) is 19.2 Å². The number of benzene rings is 3. The van der Waals surface area contributed by atoms with Gasteiger partial charge in [0.2, 0.25) is 17.6 Å². The lowest BCUT2D eigenvalue weighted by Gasteiger charge is -2.50. The molecule has 0 spiro atoms. The number of anilines is 1. The van der Waals surface area contributed by atoms with Crippen molar-refractivity contribution < 1.29 is 55.8 Å². The summed E-state index contributed by atoms with van der Waals surface area (Å²) in [6.45, 7) is 0.0694. The van der Waals surface area contributed by atoms with Crippen LogP contribution < -0.4 is 15.4 Å². The molecule has 264 valence electrons. The van der Waals surface area contributed by atoms with Crippen molar-refractivity contribution in [2.24, 2.45) is 23.5 Å². The van der Waals surface area contributed by atoms with Gasteiger partial charge in [-0.15, -0.1) is 23.2 Å². The first-order chi connectivity index (χ1) is 24.1. The third kappa shape index (κ3) is 4.63. The van der Waals surface area contributed by atoms with Crippen molar-refractivity contribution in [3.05, 3.63) is 100 Å². The fourth-order valence-corrected chi connectivity index (χ4v) is 8.65. The minimum atomic E-state index is -2.85. The molecule has 10 nitrogen and oxygen atoms in total. The van der Waals surface area contributed by atoms with Gasteiger partial charge in [-0.1, -0.05) is 48.0 Å². The van der Waals surface area contributed by atoms with E-state index in [0.29, 0.717) is 0 Å². The number of alkyl halides is 2. The van der Waals surface area contributed by atoms with Crippen LogP contribution in [0.2, 0.25) is 0 Å². The molecule has 2 aliphatic carbocycles. The highest BCUT2D eigenvalue weighted by atomic mass is 35.5. The van der Waals surface area contributed by atoms with E-state index in [2.05, 4.69) is 0 Å². The summed E-state index contributed by atoms with van der Waals surface area (Å²) in [4.78, 5) is 61.6. The smallest absolute Gasteiger partial charge is 0.328 e. The Kier molecular flexibility index (Phi) is 7.95. The Morgan fingerprint density at radius 2 is 1.51 bits per heavy atom. The van der Waals surface area contributed by atoms with Crippen molar-refractivity contribution in [1.29, 1.82) is 0 Å². The summed E-state index contributed by atoms with van der Waals surface area (Å²) >= 11 is 14.1. The van der Waals surface area contributed by atoms with E-state index in [4.69, 9.17) is 33.7 Å². The van der Waals surface area contributed by atoms with Crippen molar-refractivity contribution in [1.82, 2.24) is 4.90 Å². The second-order valence-electron chi connectivity index (χ2n) is 12.5. The molecule has 51 heavy (non-hydrogen) atoms. The minimum Gasteiger partial charge on any atom is -0.508 e. The lowest BCUT2D eigenvalue weighted by molar-refractivity contribution is -0.136. The number of nitrogens with zero attached hydrogens (tertiary/aromatic N) is 2. The number of primary amides is 1. The number of likely N-dealkylation sites (tertiary alicyclic amines) is 1. The molecule has 2 saturated heterocycles. The Balaban J connectivity index is 1.40. The van der Waals surface area contributed by atoms with Crippen LogP contribution in [0.5, 0.6) is 11.5 Å². The van der Waals surface area contributed by atoms with Crippen LogP contribution >= 0.6 is 23.2 Å². The molecule has 0 bridgehead atoms. The molecule has 1 saturated carbocycles. The molecule has 4 aliphatic rings. The van der Waals surface area contributed by atoms with E-state index in [0.717, 1.165) is 11.6 Å². The van der Waals surface area contributed by atoms with Crippen LogP contribution in [0.1, 0.15) is 29.9 Å². The molecule has 7 rings (SSSR count). The molecule has 0 unspecified atom stereocenters. The summed E-state index contributed by atoms with van der Waals surface area (Å²) in [5, 5.41) is 11.4. The monoisotopic (exact) mass is 749 g/mol. The lowest BCUT2D eigenvalue weighted by atomic mass is 9.56. The SMILES string of the molecule is NC(=O)N1C(=O)[C@H]2[C@H](CC=C3[C@H]2C[C@@]2(Cl)C(=O)N(c4c(F)c(F)c(F)c(F)c4F)C(=O)[C@@]2(Cl)[C@H]3c2ccc(OCc3ccccc3)cc2O)C1=O. The molecule has 2 aliphatic heterocycles. The van der Waals surface area contributed by atoms with Crippen LogP contribution in [-0.4, -0.2) is 49.4 Å². The molecule has 2 heterocycles. The first-order valence-corrected chi connectivity index (χ1v) is 16.0. The quantitative estimate of drug-likeness (QED) is 0.0898. The number of nitrogens with two attached hydrogens (primary N) is 1. The Morgan fingerprint density at radius 1 is 0.882 bits per heavy atom. The zero-order valence-electron chi connectivity index (χ0n) is 25.6. The van der Waals surface area contributed by atoms with Gasteiger partial charge in [0.25, 0.3) is 11.8 Å². The summed E-state index contributed by atoms with van der Waals surface area (Å²) in [6, 6.07) is 11.3. The van der Waals surface area contributed by atoms with E-state index >= 15 is 8.78 Å². The summed E-state index contributed by atoms with van der Waals surface area (Å²) < 4.78 is 79.0. The van der Waals surface area contributed by atoms with Gasteiger partial charge in [0, 0.05) is 17.5 Å². The fraction of sp³-hybridized carbons (Fsp3) is 0.265. The van der Waals surface area contributed by atoms with Gasteiger partial charge in [0.05, 0.1) is 11.8 Å². The molecular formula is C34H22Cl2F5N3O7. The number of phenols is 1. The number of halogens is 7. The molecule has 0 aromatic heterocycles. The van der Waals surface area contributed by atoms with E-state index < -0.39 is 110 Å². The topological polar surface area (TPSA) is 147 Å². The number of amides is 6. The van der Waals surface area contributed by atoms with Gasteiger partial charge in [-0.25, -0.2) is 31.6 Å². The predicted octanol–water partition coefficient (Wildman–Crippen LogP) is 5.31. The molecule has 3 N–H and O–H groups in total. The summed E-state index contributed by atoms with van der Waals surface area (Å²) in [6.07, 6.45) is 0.402. The summed E-state index contributed by atoms with van der Waals surface area (Å²) in [7, 11) is 0. The van der Waals surface area contributed by atoms with Gasteiger partial charge in [0.15, 0.2) is 33.0 Å². The Morgan fingerprint density at radius 3 is 2.12 bits per heavy atom. The van der Waals surface area contributed by atoms with E-state index in [-0.39, 0.29) is 39.7 Å². The van der Waals surface area contributed by atoms with Crippen molar-refractivity contribution in [3.63, 3.8) is 0 Å². The van der Waals surface area contributed by atoms with E-state index in [1.165, 1.54) is 18.2 Å². The van der Waals surface area contributed by atoms with E-state index in [1.54, 1.807) is 30.3 Å². The first kappa shape index (κ1) is 34.4. The van der Waals surface area contributed by atoms with Gasteiger partial charge < -0.3 is 15.6 Å². The van der Waals surface area contributed by atoms with Crippen LogP contribution in [0.25, 0.3) is 0 Å². The molecule has 17 heteroatoms. The molecule has 6 amide bonds. The molecule has 0 radical (unpaired) electrons. The van der Waals surface area contributed by atoms with Gasteiger partial charge in [0.1, 0.15) is 23.8 Å². The van der Waals surface area contributed by atoms with E-state index in [1.807, 2.05) is 0 Å². The maximum absolute atomic E-state index is 15.2. The second kappa shape index (κ2) is 11.8. The van der Waals surface area contributed by atoms with Crippen molar-refractivity contribution in [2.45, 2.75) is 35.1 Å². The number of carbonyl (C=O) groups is 5. The van der Waals surface area contributed by atoms with Gasteiger partial charge in [-0.2, -0.15) is 4.90 Å². The second-order valence-corrected chi connectivity index (χ2v) is 13.8. The molecule has 3 fully saturated rings. The van der Waals surface area contributed by atoms with Crippen molar-refractivity contribution >= 4 is 58.5 Å². The van der Waals surface area contributed by atoms with Gasteiger partial charge in [-0.05, 0) is 30.4 Å². The number of allylic oxidation sites excluding steroid dienone is 2. The Bertz CT molecular complexity index is 2110. The number of urea groups is 1. The first-order valence-electron chi connectivity index (χ1n) is 15.2. The Labute approximate surface area is 294 Å². The Hall–Kier alpha value is -5.02. The zero-order chi connectivity index (χ0) is 36.9. The highest BCUT2D eigenvalue weighted by Gasteiger charge is 2.77. The fourth-order valence-electron chi connectivity index (χ4n) is 7.73. The average Bonchev–Trinajstić information content (AvgIpc) is 3.44. The largest absolute Gasteiger partial charge is 0.508 e. The number of fused-ring (bicyclic) bond motifs is 4. The van der Waals surface area contributed by atoms with Crippen LogP contribution in [0, 0.1) is 46.8 Å². The predicted molar refractivity (Wildman–Crippen MR) is 167 cm³/mol. The van der Waals surface area contributed by atoms with E-state index in [9.17, 15) is 42.3 Å². The molecule has 6 atom stereocenters. The van der Waals surface area contributed by atoms with Gasteiger partial charge >= 0.3 is 6.03 Å². The standard InChI is InChI=1S/C34H22Cl2F5N3O7/c35-33-11-18-15(8-9-17-20(18)29(47)44(28(17)46)32(42)50)21(16-7-6-14(10-19(16)45)51-12-13-4-2-1-3-5-13)34(33,36)31(49)43(30(33)48)27-25(40)23(38)22(37)24(39)26(27)41/h1-8,10,17-18,20-21,45H,9,11-12H2,(H2,42,50)/t17-,18+,20-,21+,33+,34-/m0/s1. The number of aromatic hydroxyl groups is 1.